The van der Waals surface area contributed by atoms with Crippen molar-refractivity contribution in [2.75, 3.05) is 0 Å². The van der Waals surface area contributed by atoms with Crippen LogP contribution in [-0.4, -0.2) is 6.29 Å². The number of halogens is 1. The van der Waals surface area contributed by atoms with Crippen LogP contribution in [0.2, 0.25) is 5.02 Å². The van der Waals surface area contributed by atoms with E-state index in [1.54, 1.807) is 18.2 Å². The number of ether oxygens (including phenoxy) is 1. The number of benzene rings is 2. The van der Waals surface area contributed by atoms with E-state index in [4.69, 9.17) is 16.3 Å². The molecule has 0 atom stereocenters. The second kappa shape index (κ2) is 5.68. The number of hydrogen-bond acceptors (Lipinski definition) is 2. The molecule has 2 rings (SSSR count). The summed E-state index contributed by atoms with van der Waals surface area (Å²) in [6, 6.07) is 13.0. The zero-order chi connectivity index (χ0) is 14.8. The SMILES string of the molecule is CC(C)(C)c1cccc(Oc2ccc(C=O)c(Cl)c2)c1. The van der Waals surface area contributed by atoms with E-state index >= 15 is 0 Å². The van der Waals surface area contributed by atoms with Gasteiger partial charge in [-0.2, -0.15) is 0 Å². The molecule has 0 unspecified atom stereocenters. The molecule has 0 heterocycles. The highest BCUT2D eigenvalue weighted by Crippen LogP contribution is 2.30. The molecule has 0 aliphatic carbocycles. The van der Waals surface area contributed by atoms with Gasteiger partial charge < -0.3 is 4.74 Å². The first-order valence-electron chi connectivity index (χ1n) is 6.43. The fourth-order valence-corrected chi connectivity index (χ4v) is 2.04. The molecule has 0 radical (unpaired) electrons. The molecular weight excluding hydrogens is 272 g/mol. The minimum absolute atomic E-state index is 0.0678. The lowest BCUT2D eigenvalue weighted by Gasteiger charge is -2.19. The maximum Gasteiger partial charge on any atom is 0.151 e. The number of carbonyl (C=O) groups excluding carboxylic acids is 1. The van der Waals surface area contributed by atoms with Gasteiger partial charge >= 0.3 is 0 Å². The Balaban J connectivity index is 2.26. The third-order valence-electron chi connectivity index (χ3n) is 3.03. The summed E-state index contributed by atoms with van der Waals surface area (Å²) in [5.41, 5.74) is 1.73. The Bertz CT molecular complexity index is 627. The van der Waals surface area contributed by atoms with Crippen LogP contribution in [0.4, 0.5) is 0 Å². The van der Waals surface area contributed by atoms with Gasteiger partial charge in [0.05, 0.1) is 5.02 Å². The summed E-state index contributed by atoms with van der Waals surface area (Å²) in [6.45, 7) is 6.46. The quantitative estimate of drug-likeness (QED) is 0.722. The second-order valence-corrected chi connectivity index (χ2v) is 6.09. The highest BCUT2D eigenvalue weighted by atomic mass is 35.5. The minimum atomic E-state index is 0.0678. The van der Waals surface area contributed by atoms with E-state index < -0.39 is 0 Å². The van der Waals surface area contributed by atoms with Crippen LogP contribution in [-0.2, 0) is 5.41 Å². The molecule has 0 saturated heterocycles. The van der Waals surface area contributed by atoms with Gasteiger partial charge in [-0.3, -0.25) is 4.79 Å². The van der Waals surface area contributed by atoms with E-state index in [0.717, 1.165) is 12.0 Å². The van der Waals surface area contributed by atoms with Gasteiger partial charge in [-0.15, -0.1) is 0 Å². The monoisotopic (exact) mass is 288 g/mol. The van der Waals surface area contributed by atoms with Crippen LogP contribution in [0.1, 0.15) is 36.7 Å². The standard InChI is InChI=1S/C17H17ClO2/c1-17(2,3)13-5-4-6-14(9-13)20-15-8-7-12(11-19)16(18)10-15/h4-11H,1-3H3. The second-order valence-electron chi connectivity index (χ2n) is 5.68. The Labute approximate surface area is 124 Å². The van der Waals surface area contributed by atoms with Gasteiger partial charge in [-0.05, 0) is 35.2 Å². The fraction of sp³-hybridized carbons (Fsp3) is 0.235. The molecule has 0 aliphatic heterocycles. The lowest BCUT2D eigenvalue weighted by molar-refractivity contribution is 0.112. The van der Waals surface area contributed by atoms with Crippen LogP contribution in [0.15, 0.2) is 42.5 Å². The molecule has 2 aromatic carbocycles. The van der Waals surface area contributed by atoms with E-state index in [-0.39, 0.29) is 5.41 Å². The molecule has 20 heavy (non-hydrogen) atoms. The first kappa shape index (κ1) is 14.6. The van der Waals surface area contributed by atoms with Crippen LogP contribution in [0.5, 0.6) is 11.5 Å². The first-order chi connectivity index (χ1) is 9.40. The highest BCUT2D eigenvalue weighted by Gasteiger charge is 2.14. The molecule has 0 N–H and O–H groups in total. The number of aldehydes is 1. The molecule has 0 amide bonds. The molecule has 3 heteroatoms. The van der Waals surface area contributed by atoms with Gasteiger partial charge in [0.1, 0.15) is 11.5 Å². The zero-order valence-corrected chi connectivity index (χ0v) is 12.6. The van der Waals surface area contributed by atoms with Crippen molar-refractivity contribution in [1.82, 2.24) is 0 Å². The average molecular weight is 289 g/mol. The number of hydrogen-bond donors (Lipinski definition) is 0. The summed E-state index contributed by atoms with van der Waals surface area (Å²) in [6.07, 6.45) is 0.729. The minimum Gasteiger partial charge on any atom is -0.457 e. The van der Waals surface area contributed by atoms with Crippen molar-refractivity contribution in [1.29, 1.82) is 0 Å². The summed E-state index contributed by atoms with van der Waals surface area (Å²) in [5, 5.41) is 0.393. The molecule has 2 nitrogen and oxygen atoms in total. The predicted octanol–water partition coefficient (Wildman–Crippen LogP) is 5.24. The van der Waals surface area contributed by atoms with Crippen molar-refractivity contribution in [3.05, 3.63) is 58.6 Å². The van der Waals surface area contributed by atoms with Gasteiger partial charge in [0.15, 0.2) is 6.29 Å². The van der Waals surface area contributed by atoms with Gasteiger partial charge in [-0.1, -0.05) is 44.5 Å². The first-order valence-corrected chi connectivity index (χ1v) is 6.81. The molecule has 2 aromatic rings. The lowest BCUT2D eigenvalue weighted by Crippen LogP contribution is -2.10. The van der Waals surface area contributed by atoms with Crippen molar-refractivity contribution < 1.29 is 9.53 Å². The highest BCUT2D eigenvalue weighted by molar-refractivity contribution is 6.33. The van der Waals surface area contributed by atoms with Gasteiger partial charge in [-0.25, -0.2) is 0 Å². The van der Waals surface area contributed by atoms with Crippen molar-refractivity contribution in [3.63, 3.8) is 0 Å². The smallest absolute Gasteiger partial charge is 0.151 e. The summed E-state index contributed by atoms with van der Waals surface area (Å²) < 4.78 is 5.79. The van der Waals surface area contributed by atoms with Crippen LogP contribution in [0.25, 0.3) is 0 Å². The molecule has 0 fully saturated rings. The molecule has 0 aromatic heterocycles. The topological polar surface area (TPSA) is 26.3 Å². The maximum absolute atomic E-state index is 10.7. The fourth-order valence-electron chi connectivity index (χ4n) is 1.83. The van der Waals surface area contributed by atoms with Crippen molar-refractivity contribution in [3.8, 4) is 11.5 Å². The average Bonchev–Trinajstić information content (AvgIpc) is 2.38. The largest absolute Gasteiger partial charge is 0.457 e. The summed E-state index contributed by atoms with van der Waals surface area (Å²) in [4.78, 5) is 10.7. The molecule has 0 spiro atoms. The molecule has 0 aliphatic rings. The normalized spacial score (nSPS) is 11.2. The third-order valence-corrected chi connectivity index (χ3v) is 3.36. The van der Waals surface area contributed by atoms with E-state index in [9.17, 15) is 4.79 Å². The number of carbonyl (C=O) groups is 1. The Kier molecular flexibility index (Phi) is 4.15. The van der Waals surface area contributed by atoms with Crippen LogP contribution < -0.4 is 4.74 Å². The zero-order valence-electron chi connectivity index (χ0n) is 11.8. The summed E-state index contributed by atoms with van der Waals surface area (Å²) >= 11 is 5.99. The van der Waals surface area contributed by atoms with E-state index in [0.29, 0.717) is 16.3 Å². The lowest BCUT2D eigenvalue weighted by atomic mass is 9.87. The van der Waals surface area contributed by atoms with Crippen LogP contribution in [0, 0.1) is 0 Å². The molecule has 0 bridgehead atoms. The Morgan fingerprint density at radius 3 is 2.35 bits per heavy atom. The summed E-state index contributed by atoms with van der Waals surface area (Å²) in [5.74, 6) is 1.37. The Morgan fingerprint density at radius 1 is 1.05 bits per heavy atom. The van der Waals surface area contributed by atoms with Crippen molar-refractivity contribution in [2.24, 2.45) is 0 Å². The Morgan fingerprint density at radius 2 is 1.75 bits per heavy atom. The van der Waals surface area contributed by atoms with Crippen molar-refractivity contribution in [2.45, 2.75) is 26.2 Å². The number of rotatable bonds is 3. The van der Waals surface area contributed by atoms with E-state index in [2.05, 4.69) is 26.8 Å². The molecule has 104 valence electrons. The van der Waals surface area contributed by atoms with Gasteiger partial charge in [0, 0.05) is 11.6 Å². The third kappa shape index (κ3) is 3.40. The van der Waals surface area contributed by atoms with Gasteiger partial charge in [0.2, 0.25) is 0 Å². The van der Waals surface area contributed by atoms with Gasteiger partial charge in [0.25, 0.3) is 0 Å². The van der Waals surface area contributed by atoms with Crippen molar-refractivity contribution >= 4 is 17.9 Å². The van der Waals surface area contributed by atoms with E-state index in [1.807, 2.05) is 18.2 Å². The van der Waals surface area contributed by atoms with Crippen LogP contribution in [0.3, 0.4) is 0 Å². The predicted molar refractivity (Wildman–Crippen MR) is 82.1 cm³/mol. The Hall–Kier alpha value is -1.80. The van der Waals surface area contributed by atoms with Crippen LogP contribution >= 0.6 is 11.6 Å². The molecular formula is C17H17ClO2. The molecule has 0 saturated carbocycles. The maximum atomic E-state index is 10.7. The van der Waals surface area contributed by atoms with E-state index in [1.165, 1.54) is 5.56 Å². The summed E-state index contributed by atoms with van der Waals surface area (Å²) in [7, 11) is 0.